The Morgan fingerprint density at radius 1 is 1.18 bits per heavy atom. The Labute approximate surface area is 168 Å². The number of benzene rings is 1. The van der Waals surface area contributed by atoms with E-state index < -0.39 is 10.0 Å². The summed E-state index contributed by atoms with van der Waals surface area (Å²) < 4.78 is 29.1. The van der Waals surface area contributed by atoms with Crippen molar-refractivity contribution in [2.75, 3.05) is 10.0 Å². The summed E-state index contributed by atoms with van der Waals surface area (Å²) in [5, 5.41) is 8.80. The molecule has 2 N–H and O–H groups in total. The maximum Gasteiger partial charge on any atom is 0.271 e. The van der Waals surface area contributed by atoms with Crippen molar-refractivity contribution in [2.24, 2.45) is 0 Å². The van der Waals surface area contributed by atoms with Gasteiger partial charge in [-0.2, -0.15) is 5.10 Å². The first-order valence-corrected chi connectivity index (χ1v) is 11.3. The number of nitrogens with one attached hydrogen (secondary N) is 2. The molecule has 0 aliphatic rings. The third kappa shape index (κ3) is 5.20. The molecule has 2 heterocycles. The largest absolute Gasteiger partial charge is 0.311 e. The van der Waals surface area contributed by atoms with Gasteiger partial charge in [0.25, 0.3) is 10.0 Å². The van der Waals surface area contributed by atoms with E-state index in [1.54, 1.807) is 58.7 Å². The van der Waals surface area contributed by atoms with Crippen LogP contribution in [0.2, 0.25) is 0 Å². The minimum Gasteiger partial charge on any atom is -0.311 e. The average molecular weight is 419 g/mol. The number of unbranched alkanes of at least 4 members (excludes halogenated alkanes) is 1. The number of amides is 1. The SMILES string of the molecule is CCCCn1nccc1NC(=O)Cc1ccc(NS(=O)(=O)c2cccs2)cc1. The highest BCUT2D eigenvalue weighted by Gasteiger charge is 2.15. The molecule has 148 valence electrons. The van der Waals surface area contributed by atoms with Crippen LogP contribution in [0.3, 0.4) is 0 Å². The van der Waals surface area contributed by atoms with Crippen LogP contribution in [0.4, 0.5) is 11.5 Å². The van der Waals surface area contributed by atoms with E-state index in [1.165, 1.54) is 0 Å². The molecule has 0 saturated carbocycles. The first kappa shape index (κ1) is 20.1. The molecule has 0 saturated heterocycles. The molecule has 0 bridgehead atoms. The van der Waals surface area contributed by atoms with Crippen LogP contribution in [0.15, 0.2) is 58.3 Å². The molecule has 3 rings (SSSR count). The minimum atomic E-state index is -3.57. The molecule has 7 nitrogen and oxygen atoms in total. The van der Waals surface area contributed by atoms with Gasteiger partial charge in [0.15, 0.2) is 0 Å². The summed E-state index contributed by atoms with van der Waals surface area (Å²) in [6, 6.07) is 11.8. The molecular formula is C19H22N4O3S2. The highest BCUT2D eigenvalue weighted by Crippen LogP contribution is 2.20. The lowest BCUT2D eigenvalue weighted by molar-refractivity contribution is -0.115. The Hall–Kier alpha value is -2.65. The lowest BCUT2D eigenvalue weighted by atomic mass is 10.1. The van der Waals surface area contributed by atoms with Gasteiger partial charge in [0.05, 0.1) is 12.6 Å². The number of nitrogens with zero attached hydrogens (tertiary/aromatic N) is 2. The van der Waals surface area contributed by atoms with Gasteiger partial charge in [0.2, 0.25) is 5.91 Å². The van der Waals surface area contributed by atoms with Crippen molar-refractivity contribution < 1.29 is 13.2 Å². The van der Waals surface area contributed by atoms with E-state index in [0.717, 1.165) is 36.3 Å². The summed E-state index contributed by atoms with van der Waals surface area (Å²) in [7, 11) is -3.57. The van der Waals surface area contributed by atoms with E-state index in [2.05, 4.69) is 22.1 Å². The van der Waals surface area contributed by atoms with Crippen molar-refractivity contribution in [1.82, 2.24) is 9.78 Å². The zero-order chi connectivity index (χ0) is 20.0. The zero-order valence-electron chi connectivity index (χ0n) is 15.5. The van der Waals surface area contributed by atoms with Crippen LogP contribution in [0.25, 0.3) is 0 Å². The summed E-state index contributed by atoms with van der Waals surface area (Å²) in [5.41, 5.74) is 1.24. The standard InChI is InChI=1S/C19H22N4O3S2/c1-2-3-12-23-17(10-11-20-23)21-18(24)14-15-6-8-16(9-7-15)22-28(25,26)19-5-4-13-27-19/h4-11,13,22H,2-3,12,14H2,1H3,(H,21,24). The van der Waals surface area contributed by atoms with Gasteiger partial charge in [-0.15, -0.1) is 11.3 Å². The van der Waals surface area contributed by atoms with Gasteiger partial charge in [-0.1, -0.05) is 31.5 Å². The first-order valence-electron chi connectivity index (χ1n) is 8.95. The van der Waals surface area contributed by atoms with Gasteiger partial charge in [-0.25, -0.2) is 13.1 Å². The third-order valence-electron chi connectivity index (χ3n) is 4.04. The van der Waals surface area contributed by atoms with Gasteiger partial charge in [-0.3, -0.25) is 9.52 Å². The molecule has 0 spiro atoms. The molecule has 1 amide bonds. The highest BCUT2D eigenvalue weighted by atomic mass is 32.2. The number of carbonyl (C=O) groups excluding carboxylic acids is 1. The molecule has 3 aromatic rings. The van der Waals surface area contributed by atoms with E-state index in [9.17, 15) is 13.2 Å². The number of carbonyl (C=O) groups is 1. The van der Waals surface area contributed by atoms with Gasteiger partial charge >= 0.3 is 0 Å². The summed E-state index contributed by atoms with van der Waals surface area (Å²) in [6.45, 7) is 2.87. The molecule has 0 unspecified atom stereocenters. The number of rotatable bonds is 9. The van der Waals surface area contributed by atoms with Gasteiger partial charge in [0, 0.05) is 18.3 Å². The molecule has 9 heteroatoms. The lowest BCUT2D eigenvalue weighted by Crippen LogP contribution is -2.18. The second kappa shape index (κ2) is 9.03. The average Bonchev–Trinajstić information content (AvgIpc) is 3.34. The van der Waals surface area contributed by atoms with Crippen molar-refractivity contribution in [3.05, 3.63) is 59.6 Å². The Balaban J connectivity index is 1.58. The van der Waals surface area contributed by atoms with Crippen molar-refractivity contribution in [2.45, 2.75) is 36.9 Å². The number of aryl methyl sites for hydroxylation is 1. The number of sulfonamides is 1. The topological polar surface area (TPSA) is 93.1 Å². The van der Waals surface area contributed by atoms with Crippen LogP contribution in [0.5, 0.6) is 0 Å². The summed E-state index contributed by atoms with van der Waals surface area (Å²) in [6.07, 6.45) is 3.90. The normalized spacial score (nSPS) is 11.3. The molecule has 0 fully saturated rings. The van der Waals surface area contributed by atoms with Gasteiger partial charge in [0.1, 0.15) is 10.0 Å². The highest BCUT2D eigenvalue weighted by molar-refractivity contribution is 7.94. The number of anilines is 2. The molecule has 28 heavy (non-hydrogen) atoms. The second-order valence-corrected chi connectivity index (χ2v) is 9.11. The first-order chi connectivity index (χ1) is 13.5. The van der Waals surface area contributed by atoms with Crippen LogP contribution in [-0.4, -0.2) is 24.1 Å². The fourth-order valence-corrected chi connectivity index (χ4v) is 4.66. The number of hydrogen-bond acceptors (Lipinski definition) is 5. The van der Waals surface area contributed by atoms with Crippen LogP contribution < -0.4 is 10.0 Å². The maximum atomic E-state index is 12.3. The summed E-state index contributed by atoms with van der Waals surface area (Å²) in [4.78, 5) is 12.3. The Bertz CT molecular complexity index is 1010. The van der Waals surface area contributed by atoms with E-state index in [0.29, 0.717) is 11.5 Å². The molecule has 2 aromatic heterocycles. The van der Waals surface area contributed by atoms with Crippen molar-refractivity contribution >= 4 is 38.8 Å². The smallest absolute Gasteiger partial charge is 0.271 e. The van der Waals surface area contributed by atoms with Crippen molar-refractivity contribution in [1.29, 1.82) is 0 Å². The number of aromatic nitrogens is 2. The van der Waals surface area contributed by atoms with E-state index >= 15 is 0 Å². The quantitative estimate of drug-likeness (QED) is 0.554. The van der Waals surface area contributed by atoms with E-state index in [1.807, 2.05) is 0 Å². The van der Waals surface area contributed by atoms with Crippen LogP contribution in [0.1, 0.15) is 25.3 Å². The van der Waals surface area contributed by atoms with Crippen LogP contribution >= 0.6 is 11.3 Å². The molecule has 0 aliphatic heterocycles. The summed E-state index contributed by atoms with van der Waals surface area (Å²) in [5.74, 6) is 0.531. The molecule has 1 aromatic carbocycles. The summed E-state index contributed by atoms with van der Waals surface area (Å²) >= 11 is 1.16. The van der Waals surface area contributed by atoms with Gasteiger partial charge < -0.3 is 5.32 Å². The predicted octanol–water partition coefficient (Wildman–Crippen LogP) is 3.73. The fraction of sp³-hybridized carbons (Fsp3) is 0.263. The minimum absolute atomic E-state index is 0.148. The maximum absolute atomic E-state index is 12.3. The predicted molar refractivity (Wildman–Crippen MR) is 111 cm³/mol. The van der Waals surface area contributed by atoms with E-state index in [-0.39, 0.29) is 16.5 Å². The molecular weight excluding hydrogens is 396 g/mol. The third-order valence-corrected chi connectivity index (χ3v) is 6.82. The van der Waals surface area contributed by atoms with Crippen molar-refractivity contribution in [3.63, 3.8) is 0 Å². The second-order valence-electron chi connectivity index (χ2n) is 6.25. The molecule has 0 radical (unpaired) electrons. The number of hydrogen-bond donors (Lipinski definition) is 2. The fourth-order valence-electron chi connectivity index (χ4n) is 2.61. The number of thiophene rings is 1. The Morgan fingerprint density at radius 2 is 1.96 bits per heavy atom. The monoisotopic (exact) mass is 418 g/mol. The lowest BCUT2D eigenvalue weighted by Gasteiger charge is -2.09. The van der Waals surface area contributed by atoms with Gasteiger partial charge in [-0.05, 0) is 35.6 Å². The molecule has 0 atom stereocenters. The van der Waals surface area contributed by atoms with Crippen LogP contribution in [0, 0.1) is 0 Å². The Kier molecular flexibility index (Phi) is 6.48. The zero-order valence-corrected chi connectivity index (χ0v) is 17.1. The van der Waals surface area contributed by atoms with Crippen molar-refractivity contribution in [3.8, 4) is 0 Å². The van der Waals surface area contributed by atoms with Crippen LogP contribution in [-0.2, 0) is 27.8 Å². The molecule has 0 aliphatic carbocycles. The van der Waals surface area contributed by atoms with E-state index in [4.69, 9.17) is 0 Å². The Morgan fingerprint density at radius 3 is 2.64 bits per heavy atom.